The maximum absolute atomic E-state index is 11.7. The number of para-hydroxylation sites is 1. The molecule has 1 amide bonds. The van der Waals surface area contributed by atoms with Crippen LogP contribution in [0.4, 0.5) is 5.69 Å². The molecular formula is C15H14ClNO2. The fraction of sp³-hybridized carbons (Fsp3) is 0.133. The third kappa shape index (κ3) is 4.39. The number of carbonyl (C=O) groups is 1. The van der Waals surface area contributed by atoms with E-state index < -0.39 is 0 Å². The molecule has 0 saturated carbocycles. The minimum atomic E-state index is -0.218. The molecule has 0 atom stereocenters. The van der Waals surface area contributed by atoms with E-state index in [1.54, 1.807) is 12.1 Å². The summed E-state index contributed by atoms with van der Waals surface area (Å²) in [6.45, 7) is 0.414. The second kappa shape index (κ2) is 6.92. The quantitative estimate of drug-likeness (QED) is 0.907. The van der Waals surface area contributed by atoms with Gasteiger partial charge in [0.2, 0.25) is 5.91 Å². The highest BCUT2D eigenvalue weighted by atomic mass is 35.5. The van der Waals surface area contributed by atoms with Crippen LogP contribution >= 0.6 is 11.6 Å². The first kappa shape index (κ1) is 13.6. The molecule has 2 aromatic rings. The Bertz CT molecular complexity index is 543. The third-order valence-corrected chi connectivity index (χ3v) is 2.82. The van der Waals surface area contributed by atoms with Gasteiger partial charge >= 0.3 is 0 Å². The van der Waals surface area contributed by atoms with Crippen molar-refractivity contribution in [2.24, 2.45) is 0 Å². The van der Waals surface area contributed by atoms with Crippen LogP contribution < -0.4 is 5.32 Å². The van der Waals surface area contributed by atoms with Crippen molar-refractivity contribution in [2.45, 2.75) is 6.61 Å². The Labute approximate surface area is 117 Å². The smallest absolute Gasteiger partial charge is 0.250 e. The summed E-state index contributed by atoms with van der Waals surface area (Å²) in [6, 6.07) is 16.8. The van der Waals surface area contributed by atoms with Gasteiger partial charge < -0.3 is 10.1 Å². The monoisotopic (exact) mass is 275 g/mol. The van der Waals surface area contributed by atoms with Crippen molar-refractivity contribution >= 4 is 23.2 Å². The molecular weight excluding hydrogens is 262 g/mol. The topological polar surface area (TPSA) is 38.3 Å². The molecule has 0 fully saturated rings. The number of anilines is 1. The lowest BCUT2D eigenvalue weighted by Gasteiger charge is -2.07. The van der Waals surface area contributed by atoms with Crippen molar-refractivity contribution in [2.75, 3.05) is 11.9 Å². The van der Waals surface area contributed by atoms with Crippen LogP contribution in [0.2, 0.25) is 5.02 Å². The van der Waals surface area contributed by atoms with Gasteiger partial charge in [-0.05, 0) is 17.7 Å². The molecule has 0 aliphatic carbocycles. The number of ether oxygens (including phenoxy) is 1. The summed E-state index contributed by atoms with van der Waals surface area (Å²) in [4.78, 5) is 11.7. The first-order chi connectivity index (χ1) is 9.25. The van der Waals surface area contributed by atoms with E-state index in [0.29, 0.717) is 17.3 Å². The Morgan fingerprint density at radius 2 is 1.74 bits per heavy atom. The Hall–Kier alpha value is -1.84. The summed E-state index contributed by atoms with van der Waals surface area (Å²) >= 11 is 5.94. The van der Waals surface area contributed by atoms with Gasteiger partial charge in [-0.25, -0.2) is 0 Å². The molecule has 2 rings (SSSR count). The molecule has 19 heavy (non-hydrogen) atoms. The van der Waals surface area contributed by atoms with E-state index in [1.807, 2.05) is 42.5 Å². The maximum atomic E-state index is 11.7. The number of hydrogen-bond acceptors (Lipinski definition) is 2. The summed E-state index contributed by atoms with van der Waals surface area (Å²) in [5.74, 6) is -0.218. The van der Waals surface area contributed by atoms with Gasteiger partial charge in [-0.3, -0.25) is 4.79 Å². The molecule has 0 aromatic heterocycles. The molecule has 98 valence electrons. The van der Waals surface area contributed by atoms with Crippen LogP contribution in [-0.2, 0) is 16.1 Å². The molecule has 0 unspecified atom stereocenters. The predicted octanol–water partition coefficient (Wildman–Crippen LogP) is 3.50. The number of hydrogen-bond donors (Lipinski definition) is 1. The highest BCUT2D eigenvalue weighted by Crippen LogP contribution is 2.20. The summed E-state index contributed by atoms with van der Waals surface area (Å²) in [6.07, 6.45) is 0. The van der Waals surface area contributed by atoms with E-state index in [9.17, 15) is 4.79 Å². The van der Waals surface area contributed by atoms with Gasteiger partial charge in [0.05, 0.1) is 17.3 Å². The molecule has 0 aliphatic heterocycles. The maximum Gasteiger partial charge on any atom is 0.250 e. The Morgan fingerprint density at radius 3 is 2.47 bits per heavy atom. The summed E-state index contributed by atoms with van der Waals surface area (Å²) in [5.41, 5.74) is 1.63. The minimum Gasteiger partial charge on any atom is -0.367 e. The lowest BCUT2D eigenvalue weighted by Crippen LogP contribution is -2.18. The number of halogens is 1. The van der Waals surface area contributed by atoms with Crippen LogP contribution in [-0.4, -0.2) is 12.5 Å². The number of benzene rings is 2. The summed E-state index contributed by atoms with van der Waals surface area (Å²) in [7, 11) is 0. The Kier molecular flexibility index (Phi) is 4.95. The average molecular weight is 276 g/mol. The predicted molar refractivity (Wildman–Crippen MR) is 76.2 cm³/mol. The van der Waals surface area contributed by atoms with E-state index >= 15 is 0 Å². The van der Waals surface area contributed by atoms with Crippen LogP contribution in [0.1, 0.15) is 5.56 Å². The van der Waals surface area contributed by atoms with Crippen molar-refractivity contribution in [3.63, 3.8) is 0 Å². The Balaban J connectivity index is 1.78. The number of rotatable bonds is 5. The minimum absolute atomic E-state index is 0.000117. The van der Waals surface area contributed by atoms with Crippen LogP contribution in [0.15, 0.2) is 54.6 Å². The molecule has 0 radical (unpaired) electrons. The second-order valence-electron chi connectivity index (χ2n) is 4.01. The van der Waals surface area contributed by atoms with Crippen molar-refractivity contribution in [1.29, 1.82) is 0 Å². The molecule has 2 aromatic carbocycles. The van der Waals surface area contributed by atoms with Crippen LogP contribution in [0.25, 0.3) is 0 Å². The largest absolute Gasteiger partial charge is 0.367 e. The summed E-state index contributed by atoms with van der Waals surface area (Å²) < 4.78 is 5.34. The normalized spacial score (nSPS) is 10.2. The SMILES string of the molecule is O=C(COCc1ccccc1)Nc1ccccc1Cl. The van der Waals surface area contributed by atoms with Crippen molar-refractivity contribution < 1.29 is 9.53 Å². The standard InChI is InChI=1S/C15H14ClNO2/c16-13-8-4-5-9-14(13)17-15(18)11-19-10-12-6-2-1-3-7-12/h1-9H,10-11H2,(H,17,18). The van der Waals surface area contributed by atoms with Crippen LogP contribution in [0, 0.1) is 0 Å². The molecule has 0 heterocycles. The van der Waals surface area contributed by atoms with Crippen LogP contribution in [0.5, 0.6) is 0 Å². The number of carbonyl (C=O) groups excluding carboxylic acids is 1. The molecule has 0 aliphatic rings. The highest BCUT2D eigenvalue weighted by molar-refractivity contribution is 6.33. The van der Waals surface area contributed by atoms with Gasteiger partial charge in [0.25, 0.3) is 0 Å². The number of nitrogens with one attached hydrogen (secondary N) is 1. The molecule has 1 N–H and O–H groups in total. The molecule has 0 saturated heterocycles. The van der Waals surface area contributed by atoms with E-state index in [2.05, 4.69) is 5.32 Å². The zero-order chi connectivity index (χ0) is 13.5. The molecule has 0 spiro atoms. The van der Waals surface area contributed by atoms with E-state index in [1.165, 1.54) is 0 Å². The van der Waals surface area contributed by atoms with Gasteiger partial charge in [-0.15, -0.1) is 0 Å². The van der Waals surface area contributed by atoms with Crippen LogP contribution in [0.3, 0.4) is 0 Å². The van der Waals surface area contributed by atoms with E-state index in [4.69, 9.17) is 16.3 Å². The van der Waals surface area contributed by atoms with Gasteiger partial charge in [0, 0.05) is 0 Å². The van der Waals surface area contributed by atoms with E-state index in [0.717, 1.165) is 5.56 Å². The van der Waals surface area contributed by atoms with Crippen molar-refractivity contribution in [1.82, 2.24) is 0 Å². The second-order valence-corrected chi connectivity index (χ2v) is 4.41. The van der Waals surface area contributed by atoms with Gasteiger partial charge in [-0.1, -0.05) is 54.1 Å². The fourth-order valence-corrected chi connectivity index (χ4v) is 1.77. The lowest BCUT2D eigenvalue weighted by atomic mass is 10.2. The van der Waals surface area contributed by atoms with Gasteiger partial charge in [0.15, 0.2) is 0 Å². The van der Waals surface area contributed by atoms with E-state index in [-0.39, 0.29) is 12.5 Å². The summed E-state index contributed by atoms with van der Waals surface area (Å²) in [5, 5.41) is 3.21. The average Bonchev–Trinajstić information content (AvgIpc) is 2.43. The lowest BCUT2D eigenvalue weighted by molar-refractivity contribution is -0.121. The fourth-order valence-electron chi connectivity index (χ4n) is 1.58. The first-order valence-corrected chi connectivity index (χ1v) is 6.29. The Morgan fingerprint density at radius 1 is 1.05 bits per heavy atom. The van der Waals surface area contributed by atoms with Gasteiger partial charge in [0.1, 0.15) is 6.61 Å². The molecule has 3 nitrogen and oxygen atoms in total. The number of amides is 1. The highest BCUT2D eigenvalue weighted by Gasteiger charge is 2.05. The third-order valence-electron chi connectivity index (χ3n) is 2.49. The zero-order valence-corrected chi connectivity index (χ0v) is 11.1. The van der Waals surface area contributed by atoms with Gasteiger partial charge in [-0.2, -0.15) is 0 Å². The zero-order valence-electron chi connectivity index (χ0n) is 10.3. The van der Waals surface area contributed by atoms with Crippen molar-refractivity contribution in [3.05, 3.63) is 65.2 Å². The molecule has 0 bridgehead atoms. The molecule has 4 heteroatoms. The first-order valence-electron chi connectivity index (χ1n) is 5.92. The van der Waals surface area contributed by atoms with Crippen molar-refractivity contribution in [3.8, 4) is 0 Å².